The minimum absolute atomic E-state index is 0. The van der Waals surface area contributed by atoms with Crippen LogP contribution in [-0.2, 0) is 14.3 Å². The molecular formula is C18H33N3O4. The lowest BCUT2D eigenvalue weighted by atomic mass is 9.85. The molecule has 1 heterocycles. The SMILES string of the molecule is CC(C)(C)[C@H](NC(=O)OC1CC2CC2C1)C(=O)N1CCC[C@H]1C(N)=O.[HH].[HH]. The molecule has 3 aliphatic rings. The molecule has 3 amide bonds. The highest BCUT2D eigenvalue weighted by molar-refractivity contribution is 5.91. The number of ether oxygens (including phenoxy) is 1. The lowest BCUT2D eigenvalue weighted by molar-refractivity contribution is -0.141. The molecular weight excluding hydrogens is 322 g/mol. The van der Waals surface area contributed by atoms with Crippen LogP contribution in [0.4, 0.5) is 4.79 Å². The summed E-state index contributed by atoms with van der Waals surface area (Å²) in [6.45, 7) is 6.14. The highest BCUT2D eigenvalue weighted by atomic mass is 16.6. The number of hydrogen-bond donors (Lipinski definition) is 2. The Kier molecular flexibility index (Phi) is 4.68. The first-order valence-corrected chi connectivity index (χ1v) is 9.23. The van der Waals surface area contributed by atoms with Gasteiger partial charge < -0.3 is 20.7 Å². The predicted molar refractivity (Wildman–Crippen MR) is 95.6 cm³/mol. The summed E-state index contributed by atoms with van der Waals surface area (Å²) in [5.74, 6) is 0.684. The van der Waals surface area contributed by atoms with Crippen molar-refractivity contribution < 1.29 is 22.0 Å². The smallest absolute Gasteiger partial charge is 0.408 e. The molecule has 3 fully saturated rings. The molecule has 7 nitrogen and oxygen atoms in total. The molecule has 3 rings (SSSR count). The van der Waals surface area contributed by atoms with E-state index in [1.807, 2.05) is 20.8 Å². The predicted octanol–water partition coefficient (Wildman–Crippen LogP) is 1.89. The van der Waals surface area contributed by atoms with Crippen molar-refractivity contribution in [2.45, 2.75) is 71.1 Å². The van der Waals surface area contributed by atoms with Crippen LogP contribution < -0.4 is 11.1 Å². The number of nitrogens with one attached hydrogen (secondary N) is 1. The fraction of sp³-hybridized carbons (Fsp3) is 0.833. The van der Waals surface area contributed by atoms with Crippen molar-refractivity contribution in [1.29, 1.82) is 0 Å². The van der Waals surface area contributed by atoms with Crippen LogP contribution in [0.5, 0.6) is 0 Å². The third-order valence-electron chi connectivity index (χ3n) is 5.71. The van der Waals surface area contributed by atoms with Crippen LogP contribution in [0.3, 0.4) is 0 Å². The Hall–Kier alpha value is -1.79. The van der Waals surface area contributed by atoms with Crippen molar-refractivity contribution in [1.82, 2.24) is 10.2 Å². The largest absolute Gasteiger partial charge is 0.446 e. The maximum atomic E-state index is 13.0. The highest BCUT2D eigenvalue weighted by Gasteiger charge is 2.48. The molecule has 144 valence electrons. The zero-order valence-corrected chi connectivity index (χ0v) is 15.3. The van der Waals surface area contributed by atoms with Gasteiger partial charge in [0.15, 0.2) is 0 Å². The van der Waals surface area contributed by atoms with Gasteiger partial charge in [0.25, 0.3) is 0 Å². The lowest BCUT2D eigenvalue weighted by Crippen LogP contribution is -2.57. The number of fused-ring (bicyclic) bond motifs is 1. The molecule has 2 unspecified atom stereocenters. The quantitative estimate of drug-likeness (QED) is 0.804. The second-order valence-corrected chi connectivity index (χ2v) is 8.79. The Morgan fingerprint density at radius 3 is 2.40 bits per heavy atom. The van der Waals surface area contributed by atoms with Crippen LogP contribution >= 0.6 is 0 Å². The third kappa shape index (κ3) is 3.90. The molecule has 1 saturated heterocycles. The first-order valence-electron chi connectivity index (χ1n) is 9.23. The van der Waals surface area contributed by atoms with E-state index < -0.39 is 29.5 Å². The van der Waals surface area contributed by atoms with E-state index in [4.69, 9.17) is 10.5 Å². The Bertz CT molecular complexity index is 571. The summed E-state index contributed by atoms with van der Waals surface area (Å²) >= 11 is 0. The van der Waals surface area contributed by atoms with E-state index in [0.29, 0.717) is 13.0 Å². The van der Waals surface area contributed by atoms with Gasteiger partial charge in [-0.05, 0) is 49.4 Å². The number of nitrogens with zero attached hydrogens (tertiary/aromatic N) is 1. The maximum absolute atomic E-state index is 13.0. The minimum Gasteiger partial charge on any atom is -0.446 e. The molecule has 7 heteroatoms. The van der Waals surface area contributed by atoms with E-state index in [-0.39, 0.29) is 14.9 Å². The van der Waals surface area contributed by atoms with Crippen molar-refractivity contribution in [3.8, 4) is 0 Å². The maximum Gasteiger partial charge on any atom is 0.408 e. The second kappa shape index (κ2) is 6.50. The van der Waals surface area contributed by atoms with Crippen LogP contribution in [0, 0.1) is 17.3 Å². The molecule has 2 saturated carbocycles. The number of nitrogens with two attached hydrogens (primary N) is 1. The summed E-state index contributed by atoms with van der Waals surface area (Å²) in [6.07, 6.45) is 3.86. The lowest BCUT2D eigenvalue weighted by Gasteiger charge is -2.35. The number of rotatable bonds is 4. The average molecular weight is 355 g/mol. The van der Waals surface area contributed by atoms with Crippen molar-refractivity contribution in [2.75, 3.05) is 6.54 Å². The molecule has 0 aromatic carbocycles. The van der Waals surface area contributed by atoms with Gasteiger partial charge in [-0.3, -0.25) is 9.59 Å². The fourth-order valence-corrected chi connectivity index (χ4v) is 4.20. The molecule has 0 bridgehead atoms. The molecule has 25 heavy (non-hydrogen) atoms. The summed E-state index contributed by atoms with van der Waals surface area (Å²) in [5, 5.41) is 2.75. The molecule has 3 N–H and O–H groups in total. The molecule has 0 radical (unpaired) electrons. The van der Waals surface area contributed by atoms with Crippen molar-refractivity contribution >= 4 is 17.9 Å². The summed E-state index contributed by atoms with van der Waals surface area (Å²) in [4.78, 5) is 38.4. The highest BCUT2D eigenvalue weighted by Crippen LogP contribution is 2.52. The minimum atomic E-state index is -0.754. The van der Waals surface area contributed by atoms with Crippen molar-refractivity contribution in [2.24, 2.45) is 23.0 Å². The Morgan fingerprint density at radius 1 is 1.20 bits per heavy atom. The Balaban J connectivity index is 0.00000182. The number of likely N-dealkylation sites (tertiary alicyclic amines) is 1. The van der Waals surface area contributed by atoms with Crippen molar-refractivity contribution in [3.63, 3.8) is 0 Å². The van der Waals surface area contributed by atoms with Crippen LogP contribution in [0.25, 0.3) is 0 Å². The monoisotopic (exact) mass is 355 g/mol. The topological polar surface area (TPSA) is 102 Å². The molecule has 2 aliphatic carbocycles. The number of carbonyl (C=O) groups excluding carboxylic acids is 3. The first kappa shape index (κ1) is 18.0. The van der Waals surface area contributed by atoms with Crippen LogP contribution in [0.1, 0.15) is 55.7 Å². The van der Waals surface area contributed by atoms with Crippen LogP contribution in [0.2, 0.25) is 0 Å². The summed E-state index contributed by atoms with van der Waals surface area (Å²) < 4.78 is 5.51. The van der Waals surface area contributed by atoms with E-state index in [1.54, 1.807) is 0 Å². The van der Waals surface area contributed by atoms with E-state index >= 15 is 0 Å². The van der Waals surface area contributed by atoms with Gasteiger partial charge in [-0.2, -0.15) is 0 Å². The molecule has 1 aliphatic heterocycles. The van der Waals surface area contributed by atoms with E-state index in [2.05, 4.69) is 5.32 Å². The average Bonchev–Trinajstić information content (AvgIpc) is 2.94. The van der Waals surface area contributed by atoms with Gasteiger partial charge in [0, 0.05) is 9.40 Å². The zero-order chi connectivity index (χ0) is 18.4. The standard InChI is InChI=1S/C18H29N3O4.2H2/c1-18(2,3)14(16(23)21-6-4-5-13(21)15(19)22)20-17(24)25-12-8-10-7-11(10)9-12;;/h10-14H,4-9H2,1-3H3,(H2,19,22)(H,20,24);2*1H/t10?,11?,12?,13-,14+;;/m0../s1. The first-order chi connectivity index (χ1) is 11.7. The van der Waals surface area contributed by atoms with E-state index in [0.717, 1.165) is 31.1 Å². The van der Waals surface area contributed by atoms with Gasteiger partial charge >= 0.3 is 6.09 Å². The van der Waals surface area contributed by atoms with Crippen LogP contribution in [0.15, 0.2) is 0 Å². The number of hydrogen-bond acceptors (Lipinski definition) is 4. The van der Waals surface area contributed by atoms with Gasteiger partial charge in [-0.15, -0.1) is 0 Å². The number of alkyl carbamates (subject to hydrolysis) is 1. The van der Waals surface area contributed by atoms with Gasteiger partial charge in [-0.25, -0.2) is 4.79 Å². The summed E-state index contributed by atoms with van der Waals surface area (Å²) in [5.41, 5.74) is 4.92. The Morgan fingerprint density at radius 2 is 1.84 bits per heavy atom. The van der Waals surface area contributed by atoms with Crippen LogP contribution in [-0.4, -0.2) is 47.5 Å². The summed E-state index contributed by atoms with van der Waals surface area (Å²) in [7, 11) is 0. The normalized spacial score (nSPS) is 32.0. The van der Waals surface area contributed by atoms with Gasteiger partial charge in [0.1, 0.15) is 18.2 Å². The molecule has 4 atom stereocenters. The molecule has 0 aromatic heterocycles. The number of amides is 3. The zero-order valence-electron chi connectivity index (χ0n) is 15.3. The van der Waals surface area contributed by atoms with E-state index in [1.165, 1.54) is 11.3 Å². The Labute approximate surface area is 151 Å². The van der Waals surface area contributed by atoms with E-state index in [9.17, 15) is 14.4 Å². The van der Waals surface area contributed by atoms with Crippen molar-refractivity contribution in [3.05, 3.63) is 0 Å². The second-order valence-electron chi connectivity index (χ2n) is 8.79. The molecule has 0 aromatic rings. The van der Waals surface area contributed by atoms with Gasteiger partial charge in [-0.1, -0.05) is 20.8 Å². The summed E-state index contributed by atoms with van der Waals surface area (Å²) in [6, 6.07) is -1.34. The number of primary amides is 1. The fourth-order valence-electron chi connectivity index (χ4n) is 4.20. The third-order valence-corrected chi connectivity index (χ3v) is 5.71. The molecule has 0 spiro atoms. The van der Waals surface area contributed by atoms with Gasteiger partial charge in [0.2, 0.25) is 11.8 Å². The van der Waals surface area contributed by atoms with Gasteiger partial charge in [0.05, 0.1) is 0 Å². The number of carbonyl (C=O) groups is 3.